The molecule has 0 saturated carbocycles. The molecule has 1 N–H and O–H groups in total. The molecule has 0 spiro atoms. The van der Waals surface area contributed by atoms with Crippen LogP contribution in [0, 0.1) is 6.92 Å². The van der Waals surface area contributed by atoms with Crippen LogP contribution in [0.3, 0.4) is 0 Å². The highest BCUT2D eigenvalue weighted by molar-refractivity contribution is 6.00. The number of rotatable bonds is 6. The molecule has 0 atom stereocenters. The zero-order chi connectivity index (χ0) is 23.4. The fourth-order valence-electron chi connectivity index (χ4n) is 3.91. The van der Waals surface area contributed by atoms with E-state index in [1.165, 1.54) is 0 Å². The number of ether oxygens (including phenoxy) is 1. The van der Waals surface area contributed by atoms with Gasteiger partial charge in [0.05, 0.1) is 24.9 Å². The average molecular weight is 448 g/mol. The molecule has 1 aliphatic heterocycles. The maximum Gasteiger partial charge on any atom is 0.257 e. The molecule has 0 unspecified atom stereocenters. The van der Waals surface area contributed by atoms with Gasteiger partial charge in [0.25, 0.3) is 5.91 Å². The van der Waals surface area contributed by atoms with Crippen molar-refractivity contribution in [2.75, 3.05) is 46.9 Å². The number of benzene rings is 2. The molecule has 8 nitrogen and oxygen atoms in total. The smallest absolute Gasteiger partial charge is 0.257 e. The minimum atomic E-state index is -0.0641. The summed E-state index contributed by atoms with van der Waals surface area (Å²) in [6, 6.07) is 15.6. The molecule has 1 saturated heterocycles. The number of methoxy groups -OCH3 is 1. The third-order valence-electron chi connectivity index (χ3n) is 5.89. The Morgan fingerprint density at radius 2 is 1.79 bits per heavy atom. The molecule has 8 heteroatoms. The van der Waals surface area contributed by atoms with Crippen LogP contribution in [-0.4, -0.2) is 78.3 Å². The van der Waals surface area contributed by atoms with Gasteiger partial charge in [-0.25, -0.2) is 4.68 Å². The number of nitrogens with one attached hydrogen (secondary N) is 1. The largest absolute Gasteiger partial charge is 0.497 e. The van der Waals surface area contributed by atoms with Crippen molar-refractivity contribution in [3.05, 3.63) is 65.9 Å². The summed E-state index contributed by atoms with van der Waals surface area (Å²) in [6.45, 7) is 4.80. The number of aryl methyl sites for hydroxylation is 1. The van der Waals surface area contributed by atoms with Crippen molar-refractivity contribution < 1.29 is 14.3 Å². The van der Waals surface area contributed by atoms with Crippen LogP contribution in [0.5, 0.6) is 5.75 Å². The highest BCUT2D eigenvalue weighted by atomic mass is 16.5. The van der Waals surface area contributed by atoms with E-state index in [2.05, 4.69) is 10.2 Å². The van der Waals surface area contributed by atoms with Crippen LogP contribution >= 0.6 is 0 Å². The molecule has 1 fully saturated rings. The number of carbonyl (C=O) groups is 2. The first kappa shape index (κ1) is 22.5. The molecule has 0 aliphatic carbocycles. The summed E-state index contributed by atoms with van der Waals surface area (Å²) in [6.07, 6.45) is 1.80. The van der Waals surface area contributed by atoms with Crippen molar-refractivity contribution in [2.45, 2.75) is 6.92 Å². The molecule has 2 heterocycles. The summed E-state index contributed by atoms with van der Waals surface area (Å²) in [5.74, 6) is 0.624. The molecule has 1 aromatic heterocycles. The Kier molecular flexibility index (Phi) is 6.74. The first-order chi connectivity index (χ1) is 16.0. The highest BCUT2D eigenvalue weighted by Gasteiger charge is 2.27. The SMILES string of the molecule is CNC(=O)CN1CCN(C(=O)c2cn(-c3ccc(C)cc3)nc2-c2cccc(OC)c2)CC1. The molecular weight excluding hydrogens is 418 g/mol. The van der Waals surface area contributed by atoms with Crippen LogP contribution in [0.2, 0.25) is 0 Å². The Morgan fingerprint density at radius 1 is 1.06 bits per heavy atom. The molecule has 0 radical (unpaired) electrons. The van der Waals surface area contributed by atoms with Crippen LogP contribution in [0.15, 0.2) is 54.7 Å². The van der Waals surface area contributed by atoms with Crippen molar-refractivity contribution in [2.24, 2.45) is 0 Å². The summed E-state index contributed by atoms with van der Waals surface area (Å²) in [7, 11) is 3.25. The predicted molar refractivity (Wildman–Crippen MR) is 127 cm³/mol. The highest BCUT2D eigenvalue weighted by Crippen LogP contribution is 2.28. The minimum absolute atomic E-state index is 0.0190. The van der Waals surface area contributed by atoms with Gasteiger partial charge in [0, 0.05) is 45.0 Å². The lowest BCUT2D eigenvalue weighted by atomic mass is 10.1. The van der Waals surface area contributed by atoms with Crippen LogP contribution < -0.4 is 10.1 Å². The molecule has 1 aliphatic rings. The molecular formula is C25H29N5O3. The van der Waals surface area contributed by atoms with E-state index in [0.717, 1.165) is 16.8 Å². The zero-order valence-corrected chi connectivity index (χ0v) is 19.2. The van der Waals surface area contributed by atoms with E-state index in [4.69, 9.17) is 9.84 Å². The second-order valence-corrected chi connectivity index (χ2v) is 8.14. The number of likely N-dealkylation sites (N-methyl/N-ethyl adjacent to an activating group) is 1. The number of piperazine rings is 1. The maximum absolute atomic E-state index is 13.6. The zero-order valence-electron chi connectivity index (χ0n) is 19.2. The van der Waals surface area contributed by atoms with Crippen LogP contribution in [-0.2, 0) is 4.79 Å². The number of hydrogen-bond acceptors (Lipinski definition) is 5. The van der Waals surface area contributed by atoms with Crippen molar-refractivity contribution in [3.8, 4) is 22.7 Å². The van der Waals surface area contributed by atoms with Gasteiger partial charge in [-0.1, -0.05) is 29.8 Å². The Balaban J connectivity index is 1.64. The monoisotopic (exact) mass is 447 g/mol. The number of hydrogen-bond donors (Lipinski definition) is 1. The van der Waals surface area contributed by atoms with Crippen LogP contribution in [0.1, 0.15) is 15.9 Å². The van der Waals surface area contributed by atoms with Crippen molar-refractivity contribution in [1.82, 2.24) is 24.9 Å². The van der Waals surface area contributed by atoms with Gasteiger partial charge in [0.1, 0.15) is 11.4 Å². The van der Waals surface area contributed by atoms with E-state index in [-0.39, 0.29) is 11.8 Å². The summed E-state index contributed by atoms with van der Waals surface area (Å²) < 4.78 is 7.14. The summed E-state index contributed by atoms with van der Waals surface area (Å²) in [5.41, 5.74) is 4.03. The van der Waals surface area contributed by atoms with E-state index in [1.54, 1.807) is 25.0 Å². The van der Waals surface area contributed by atoms with Gasteiger partial charge in [-0.15, -0.1) is 0 Å². The fourth-order valence-corrected chi connectivity index (χ4v) is 3.91. The van der Waals surface area contributed by atoms with Gasteiger partial charge in [0.2, 0.25) is 5.91 Å². The molecule has 2 aromatic carbocycles. The van der Waals surface area contributed by atoms with E-state index in [0.29, 0.717) is 49.7 Å². The average Bonchev–Trinajstić information content (AvgIpc) is 3.30. The fraction of sp³-hybridized carbons (Fsp3) is 0.320. The minimum Gasteiger partial charge on any atom is -0.497 e. The van der Waals surface area contributed by atoms with Gasteiger partial charge < -0.3 is 15.0 Å². The quantitative estimate of drug-likeness (QED) is 0.628. The van der Waals surface area contributed by atoms with E-state index < -0.39 is 0 Å². The van der Waals surface area contributed by atoms with Crippen molar-refractivity contribution in [3.63, 3.8) is 0 Å². The van der Waals surface area contributed by atoms with E-state index in [9.17, 15) is 9.59 Å². The summed E-state index contributed by atoms with van der Waals surface area (Å²) in [5, 5.41) is 7.43. The number of nitrogens with zero attached hydrogens (tertiary/aromatic N) is 4. The van der Waals surface area contributed by atoms with E-state index in [1.807, 2.05) is 60.4 Å². The third-order valence-corrected chi connectivity index (χ3v) is 5.89. The first-order valence-electron chi connectivity index (χ1n) is 11.0. The second kappa shape index (κ2) is 9.87. The lowest BCUT2D eigenvalue weighted by molar-refractivity contribution is -0.122. The summed E-state index contributed by atoms with van der Waals surface area (Å²) >= 11 is 0. The van der Waals surface area contributed by atoms with Gasteiger partial charge >= 0.3 is 0 Å². The van der Waals surface area contributed by atoms with Gasteiger partial charge in [-0.2, -0.15) is 5.10 Å². The number of aromatic nitrogens is 2. The standard InChI is InChI=1S/C25H29N5O3/c1-18-7-9-20(10-8-18)30-16-22(24(27-30)19-5-4-6-21(15-19)33-3)25(32)29-13-11-28(12-14-29)17-23(31)26-2/h4-10,15-16H,11-14,17H2,1-3H3,(H,26,31). The number of carbonyl (C=O) groups excluding carboxylic acids is 2. The van der Waals surface area contributed by atoms with Crippen molar-refractivity contribution in [1.29, 1.82) is 0 Å². The molecule has 4 rings (SSSR count). The van der Waals surface area contributed by atoms with Crippen molar-refractivity contribution >= 4 is 11.8 Å². The van der Waals surface area contributed by atoms with Gasteiger partial charge in [0.15, 0.2) is 0 Å². The van der Waals surface area contributed by atoms with Gasteiger partial charge in [-0.05, 0) is 31.2 Å². The predicted octanol–water partition coefficient (Wildman–Crippen LogP) is 2.36. The molecule has 0 bridgehead atoms. The Bertz CT molecular complexity index is 1130. The third kappa shape index (κ3) is 5.06. The molecule has 3 aromatic rings. The molecule has 172 valence electrons. The van der Waals surface area contributed by atoms with Crippen LogP contribution in [0.25, 0.3) is 16.9 Å². The lowest BCUT2D eigenvalue weighted by Gasteiger charge is -2.34. The van der Waals surface area contributed by atoms with Crippen LogP contribution in [0.4, 0.5) is 0 Å². The lowest BCUT2D eigenvalue weighted by Crippen LogP contribution is -2.50. The Labute approximate surface area is 193 Å². The maximum atomic E-state index is 13.6. The van der Waals surface area contributed by atoms with Gasteiger partial charge in [-0.3, -0.25) is 14.5 Å². The molecule has 33 heavy (non-hydrogen) atoms. The molecule has 2 amide bonds. The second-order valence-electron chi connectivity index (χ2n) is 8.14. The topological polar surface area (TPSA) is 79.7 Å². The summed E-state index contributed by atoms with van der Waals surface area (Å²) in [4.78, 5) is 29.1. The Morgan fingerprint density at radius 3 is 2.45 bits per heavy atom. The number of amides is 2. The normalized spacial score (nSPS) is 14.2. The van der Waals surface area contributed by atoms with E-state index >= 15 is 0 Å². The Hall–Kier alpha value is -3.65. The first-order valence-corrected chi connectivity index (χ1v) is 11.0.